The molecule has 0 unspecified atom stereocenters. The average Bonchev–Trinajstić information content (AvgIpc) is 2.52. The molecule has 144 valence electrons. The summed E-state index contributed by atoms with van der Waals surface area (Å²) in [6, 6.07) is 6.44. The molecule has 5 nitrogen and oxygen atoms in total. The van der Waals surface area contributed by atoms with Crippen LogP contribution in [-0.4, -0.2) is 49.5 Å². The summed E-state index contributed by atoms with van der Waals surface area (Å²) >= 11 is 0. The molecule has 6 heteroatoms. The molecule has 3 rings (SSSR count). The van der Waals surface area contributed by atoms with Crippen LogP contribution in [0, 0.1) is 13.8 Å². The van der Waals surface area contributed by atoms with Crippen LogP contribution >= 0.6 is 0 Å². The Bertz CT molecular complexity index is 810. The second-order valence-corrected chi connectivity index (χ2v) is 11.3. The summed E-state index contributed by atoms with van der Waals surface area (Å²) in [5.41, 5.74) is 3.88. The van der Waals surface area contributed by atoms with Gasteiger partial charge in [0.15, 0.2) is 9.84 Å². The van der Waals surface area contributed by atoms with Crippen molar-refractivity contribution in [1.29, 1.82) is 0 Å². The number of hydrogen-bond donors (Lipinski definition) is 1. The van der Waals surface area contributed by atoms with E-state index in [0.29, 0.717) is 6.54 Å². The van der Waals surface area contributed by atoms with E-state index in [1.807, 2.05) is 0 Å². The summed E-state index contributed by atoms with van der Waals surface area (Å²) in [6.07, 6.45) is 3.34. The highest BCUT2D eigenvalue weighted by molar-refractivity contribution is 7.92. The molecule has 0 aromatic heterocycles. The minimum Gasteiger partial charge on any atom is -0.337 e. The second-order valence-electron chi connectivity index (χ2n) is 8.59. The molecule has 1 aliphatic carbocycles. The van der Waals surface area contributed by atoms with Gasteiger partial charge in [-0.2, -0.15) is 0 Å². The maximum absolute atomic E-state index is 12.7. The molecule has 0 bridgehead atoms. The number of benzene rings is 1. The Kier molecular flexibility index (Phi) is 4.84. The van der Waals surface area contributed by atoms with Gasteiger partial charge in [-0.25, -0.2) is 13.2 Å². The quantitative estimate of drug-likeness (QED) is 0.879. The van der Waals surface area contributed by atoms with E-state index in [1.165, 1.54) is 23.1 Å². The third-order valence-corrected chi connectivity index (χ3v) is 8.87. The molecule has 2 fully saturated rings. The Labute approximate surface area is 157 Å². The summed E-state index contributed by atoms with van der Waals surface area (Å²) in [5.74, 6) is 0.0374. The van der Waals surface area contributed by atoms with Crippen LogP contribution < -0.4 is 5.32 Å². The molecule has 2 amide bonds. The number of aryl methyl sites for hydroxylation is 2. The molecule has 1 heterocycles. The van der Waals surface area contributed by atoms with Crippen LogP contribution in [0.3, 0.4) is 0 Å². The van der Waals surface area contributed by atoms with Crippen molar-refractivity contribution < 1.29 is 13.2 Å². The first-order valence-corrected chi connectivity index (χ1v) is 11.0. The van der Waals surface area contributed by atoms with E-state index in [1.54, 1.807) is 18.7 Å². The van der Waals surface area contributed by atoms with Gasteiger partial charge in [0.2, 0.25) is 0 Å². The smallest absolute Gasteiger partial charge is 0.317 e. The van der Waals surface area contributed by atoms with Gasteiger partial charge in [0.05, 0.1) is 10.5 Å². The highest BCUT2D eigenvalue weighted by Gasteiger charge is 2.43. The number of carbonyl (C=O) groups excluding carboxylic acids is 1. The first-order valence-electron chi connectivity index (χ1n) is 9.39. The summed E-state index contributed by atoms with van der Waals surface area (Å²) in [6.45, 7) is 8.76. The van der Waals surface area contributed by atoms with Crippen molar-refractivity contribution in [3.05, 3.63) is 34.9 Å². The van der Waals surface area contributed by atoms with Crippen LogP contribution in [0.15, 0.2) is 18.2 Å². The summed E-state index contributed by atoms with van der Waals surface area (Å²) < 4.78 is 23.4. The van der Waals surface area contributed by atoms with Gasteiger partial charge in [-0.15, -0.1) is 0 Å². The third kappa shape index (κ3) is 3.36. The van der Waals surface area contributed by atoms with Crippen LogP contribution in [0.4, 0.5) is 4.79 Å². The topological polar surface area (TPSA) is 66.5 Å². The van der Waals surface area contributed by atoms with E-state index in [9.17, 15) is 13.2 Å². The summed E-state index contributed by atoms with van der Waals surface area (Å²) in [4.78, 5) is 14.3. The van der Waals surface area contributed by atoms with Crippen molar-refractivity contribution in [3.63, 3.8) is 0 Å². The number of sulfone groups is 1. The van der Waals surface area contributed by atoms with Crippen molar-refractivity contribution in [3.8, 4) is 0 Å². The molecule has 1 saturated carbocycles. The average molecular weight is 379 g/mol. The molecule has 1 aromatic carbocycles. The Morgan fingerprint density at radius 1 is 1.19 bits per heavy atom. The van der Waals surface area contributed by atoms with Gasteiger partial charge in [0.1, 0.15) is 0 Å². The standard InChI is InChI=1S/C20H30N2O3S/c1-15-6-7-17(12-16(15)2)20(8-5-9-20)13-21-18(23)22-10-11-26(24,25)19(3,4)14-22/h6-7,12H,5,8-11,13-14H2,1-4H3,(H,21,23). The number of amides is 2. The van der Waals surface area contributed by atoms with Crippen LogP contribution in [0.1, 0.15) is 49.8 Å². The Morgan fingerprint density at radius 3 is 2.42 bits per heavy atom. The Hall–Kier alpha value is -1.56. The van der Waals surface area contributed by atoms with Gasteiger partial charge in [0.25, 0.3) is 0 Å². The molecule has 0 radical (unpaired) electrons. The Balaban J connectivity index is 1.67. The van der Waals surface area contributed by atoms with Gasteiger partial charge < -0.3 is 10.2 Å². The number of carbonyl (C=O) groups is 1. The SMILES string of the molecule is Cc1ccc(C2(CNC(=O)N3CCS(=O)(=O)C(C)(C)C3)CCC2)cc1C. The molecule has 1 saturated heterocycles. The predicted octanol–water partition coefficient (Wildman–Crippen LogP) is 2.94. The maximum Gasteiger partial charge on any atom is 0.317 e. The van der Waals surface area contributed by atoms with Crippen molar-refractivity contribution in [2.45, 2.75) is 57.1 Å². The molecule has 1 N–H and O–H groups in total. The molecular formula is C20H30N2O3S. The zero-order valence-electron chi connectivity index (χ0n) is 16.3. The van der Waals surface area contributed by atoms with E-state index in [-0.39, 0.29) is 30.3 Å². The van der Waals surface area contributed by atoms with Crippen molar-refractivity contribution >= 4 is 15.9 Å². The van der Waals surface area contributed by atoms with Crippen molar-refractivity contribution in [2.75, 3.05) is 25.4 Å². The monoisotopic (exact) mass is 378 g/mol. The molecule has 1 aliphatic heterocycles. The molecule has 1 aromatic rings. The molecule has 26 heavy (non-hydrogen) atoms. The van der Waals surface area contributed by atoms with E-state index in [4.69, 9.17) is 0 Å². The van der Waals surface area contributed by atoms with Crippen LogP contribution in [0.5, 0.6) is 0 Å². The zero-order valence-corrected chi connectivity index (χ0v) is 17.1. The molecule has 2 aliphatic rings. The first kappa shape index (κ1) is 19.2. The largest absolute Gasteiger partial charge is 0.337 e. The van der Waals surface area contributed by atoms with E-state index in [2.05, 4.69) is 37.4 Å². The maximum atomic E-state index is 12.7. The fraction of sp³-hybridized carbons (Fsp3) is 0.650. The lowest BCUT2D eigenvalue weighted by Gasteiger charge is -2.44. The number of urea groups is 1. The van der Waals surface area contributed by atoms with E-state index >= 15 is 0 Å². The van der Waals surface area contributed by atoms with Gasteiger partial charge in [-0.1, -0.05) is 24.6 Å². The van der Waals surface area contributed by atoms with Crippen LogP contribution in [-0.2, 0) is 15.3 Å². The van der Waals surface area contributed by atoms with Crippen molar-refractivity contribution in [1.82, 2.24) is 10.2 Å². The minimum absolute atomic E-state index is 0.0193. The number of nitrogens with zero attached hydrogens (tertiary/aromatic N) is 1. The molecule has 0 spiro atoms. The third-order valence-electron chi connectivity index (χ3n) is 6.34. The second kappa shape index (κ2) is 6.55. The number of rotatable bonds is 3. The zero-order chi connectivity index (χ0) is 19.2. The van der Waals surface area contributed by atoms with E-state index < -0.39 is 14.6 Å². The van der Waals surface area contributed by atoms with E-state index in [0.717, 1.165) is 12.8 Å². The lowest BCUT2D eigenvalue weighted by molar-refractivity contribution is 0.179. The van der Waals surface area contributed by atoms with Crippen LogP contribution in [0.2, 0.25) is 0 Å². The predicted molar refractivity (Wildman–Crippen MR) is 104 cm³/mol. The van der Waals surface area contributed by atoms with Gasteiger partial charge in [-0.3, -0.25) is 0 Å². The van der Waals surface area contributed by atoms with Crippen molar-refractivity contribution in [2.24, 2.45) is 0 Å². The highest BCUT2D eigenvalue weighted by Crippen LogP contribution is 2.43. The Morgan fingerprint density at radius 2 is 1.88 bits per heavy atom. The van der Waals surface area contributed by atoms with Gasteiger partial charge in [-0.05, 0) is 57.2 Å². The van der Waals surface area contributed by atoms with Gasteiger partial charge >= 0.3 is 6.03 Å². The summed E-state index contributed by atoms with van der Waals surface area (Å²) in [7, 11) is -3.14. The normalized spacial score (nSPS) is 23.2. The van der Waals surface area contributed by atoms with Crippen LogP contribution in [0.25, 0.3) is 0 Å². The molecular weight excluding hydrogens is 348 g/mol. The molecule has 0 atom stereocenters. The lowest BCUT2D eigenvalue weighted by atomic mass is 9.64. The minimum atomic E-state index is -3.14. The first-order chi connectivity index (χ1) is 12.1. The van der Waals surface area contributed by atoms with Gasteiger partial charge in [0, 0.05) is 25.0 Å². The fourth-order valence-electron chi connectivity index (χ4n) is 3.92. The number of hydrogen-bond acceptors (Lipinski definition) is 3. The summed E-state index contributed by atoms with van der Waals surface area (Å²) in [5, 5.41) is 3.09. The lowest BCUT2D eigenvalue weighted by Crippen LogP contribution is -2.58. The number of nitrogens with one attached hydrogen (secondary N) is 1. The fourth-order valence-corrected chi connectivity index (χ4v) is 5.28. The highest BCUT2D eigenvalue weighted by atomic mass is 32.2.